The average Bonchev–Trinajstić information content (AvgIpc) is 2.74. The number of hydrogen-bond acceptors (Lipinski definition) is 4. The maximum absolute atomic E-state index is 10.9. The minimum absolute atomic E-state index is 0.258. The van der Waals surface area contributed by atoms with Crippen LogP contribution in [-0.2, 0) is 6.54 Å². The maximum atomic E-state index is 10.9. The number of aryl methyl sites for hydroxylation is 1. The Morgan fingerprint density at radius 1 is 1.37 bits per heavy atom. The number of hydrogen-bond donors (Lipinski definition) is 2. The third-order valence-corrected chi connectivity index (χ3v) is 3.65. The zero-order chi connectivity index (χ0) is 14.1. The predicted molar refractivity (Wildman–Crippen MR) is 79.0 cm³/mol. The molecule has 0 spiro atoms. The summed E-state index contributed by atoms with van der Waals surface area (Å²) >= 11 is 1.90. The van der Waals surface area contributed by atoms with Gasteiger partial charge in [-0.05, 0) is 44.4 Å². The number of carboxylic acid groups (broad SMARTS) is 1. The fourth-order valence-corrected chi connectivity index (χ4v) is 2.40. The molecule has 4 nitrogen and oxygen atoms in total. The summed E-state index contributed by atoms with van der Waals surface area (Å²) in [5.41, 5.74) is 0.258. The first-order chi connectivity index (χ1) is 9.15. The average molecular weight is 285 g/mol. The molecule has 0 aliphatic heterocycles. The third kappa shape index (κ3) is 6.16. The lowest BCUT2D eigenvalue weighted by atomic mass is 10.2. The Morgan fingerprint density at radius 3 is 2.74 bits per heavy atom. The van der Waals surface area contributed by atoms with Gasteiger partial charge in [-0.2, -0.15) is 11.8 Å². The van der Waals surface area contributed by atoms with Gasteiger partial charge in [-0.3, -0.25) is 0 Å². The quantitative estimate of drug-likeness (QED) is 0.646. The molecule has 0 amide bonds. The van der Waals surface area contributed by atoms with Crippen LogP contribution in [0.15, 0.2) is 10.5 Å². The van der Waals surface area contributed by atoms with Gasteiger partial charge >= 0.3 is 5.97 Å². The van der Waals surface area contributed by atoms with Crippen LogP contribution in [-0.4, -0.2) is 29.6 Å². The van der Waals surface area contributed by atoms with Gasteiger partial charge in [0.15, 0.2) is 0 Å². The zero-order valence-electron chi connectivity index (χ0n) is 11.7. The van der Waals surface area contributed by atoms with Crippen molar-refractivity contribution in [1.29, 1.82) is 0 Å². The van der Waals surface area contributed by atoms with E-state index in [0.717, 1.165) is 13.0 Å². The zero-order valence-corrected chi connectivity index (χ0v) is 12.5. The second-order valence-corrected chi connectivity index (χ2v) is 5.56. The Bertz CT molecular complexity index is 390. The first-order valence-electron chi connectivity index (χ1n) is 6.67. The summed E-state index contributed by atoms with van der Waals surface area (Å²) in [6.07, 6.45) is 7.11. The summed E-state index contributed by atoms with van der Waals surface area (Å²) in [5.74, 6) is 1.48. The molecule has 1 rings (SSSR count). The number of rotatable bonds is 10. The first-order valence-corrected chi connectivity index (χ1v) is 8.06. The van der Waals surface area contributed by atoms with Crippen molar-refractivity contribution < 1.29 is 14.3 Å². The van der Waals surface area contributed by atoms with E-state index in [-0.39, 0.29) is 5.56 Å². The Morgan fingerprint density at radius 2 is 2.11 bits per heavy atom. The molecule has 0 aromatic carbocycles. The molecular formula is C14H23NO3S. The highest BCUT2D eigenvalue weighted by atomic mass is 32.2. The summed E-state index contributed by atoms with van der Waals surface area (Å²) in [5, 5.41) is 12.2. The van der Waals surface area contributed by atoms with Crippen molar-refractivity contribution in [2.24, 2.45) is 0 Å². The second kappa shape index (κ2) is 9.04. The van der Waals surface area contributed by atoms with E-state index in [9.17, 15) is 4.79 Å². The van der Waals surface area contributed by atoms with Gasteiger partial charge in [0.05, 0.1) is 6.54 Å². The maximum Gasteiger partial charge on any atom is 0.339 e. The molecule has 1 aromatic heterocycles. The first kappa shape index (κ1) is 16.1. The molecule has 0 aliphatic rings. The van der Waals surface area contributed by atoms with E-state index in [1.807, 2.05) is 11.8 Å². The van der Waals surface area contributed by atoms with Crippen molar-refractivity contribution in [3.8, 4) is 0 Å². The number of furan rings is 1. The number of carboxylic acids is 1. The topological polar surface area (TPSA) is 62.5 Å². The van der Waals surface area contributed by atoms with E-state index in [0.29, 0.717) is 18.1 Å². The number of unbranched alkanes of at least 4 members (excludes halogenated alkanes) is 3. The molecule has 0 fully saturated rings. The highest BCUT2D eigenvalue weighted by Crippen LogP contribution is 2.14. The van der Waals surface area contributed by atoms with Gasteiger partial charge in [0, 0.05) is 0 Å². The molecule has 0 saturated carbocycles. The van der Waals surface area contributed by atoms with E-state index in [4.69, 9.17) is 9.52 Å². The molecule has 19 heavy (non-hydrogen) atoms. The van der Waals surface area contributed by atoms with Crippen molar-refractivity contribution in [2.45, 2.75) is 39.2 Å². The van der Waals surface area contributed by atoms with Crippen LogP contribution in [0.1, 0.15) is 47.6 Å². The monoisotopic (exact) mass is 285 g/mol. The highest BCUT2D eigenvalue weighted by Gasteiger charge is 2.12. The van der Waals surface area contributed by atoms with Gasteiger partial charge in [0.25, 0.3) is 0 Å². The number of aromatic carboxylic acids is 1. The molecule has 0 bridgehead atoms. The lowest BCUT2D eigenvalue weighted by Crippen LogP contribution is -2.14. The lowest BCUT2D eigenvalue weighted by Gasteiger charge is -2.02. The molecule has 2 N–H and O–H groups in total. The Kier molecular flexibility index (Phi) is 7.67. The summed E-state index contributed by atoms with van der Waals surface area (Å²) in [6, 6.07) is 1.60. The Labute approximate surface area is 119 Å². The van der Waals surface area contributed by atoms with Crippen LogP contribution < -0.4 is 5.32 Å². The molecule has 0 radical (unpaired) electrons. The molecule has 0 unspecified atom stereocenters. The third-order valence-electron chi connectivity index (χ3n) is 2.95. The van der Waals surface area contributed by atoms with E-state index in [1.54, 1.807) is 13.0 Å². The van der Waals surface area contributed by atoms with Crippen molar-refractivity contribution in [3.63, 3.8) is 0 Å². The van der Waals surface area contributed by atoms with Gasteiger partial charge < -0.3 is 14.8 Å². The van der Waals surface area contributed by atoms with Gasteiger partial charge in [-0.15, -0.1) is 0 Å². The minimum atomic E-state index is -0.929. The van der Waals surface area contributed by atoms with E-state index in [1.165, 1.54) is 25.0 Å². The Balaban J connectivity index is 2.12. The standard InChI is InChI=1S/C14H23NO3S/c1-11-13(14(16)17)9-12(18-11)10-15-7-5-3-4-6-8-19-2/h9,15H,3-8,10H2,1-2H3,(H,16,17). The normalized spacial score (nSPS) is 10.8. The van der Waals surface area contributed by atoms with Crippen LogP contribution in [0.2, 0.25) is 0 Å². The van der Waals surface area contributed by atoms with Crippen molar-refractivity contribution in [1.82, 2.24) is 5.32 Å². The molecule has 5 heteroatoms. The molecule has 0 saturated heterocycles. The van der Waals surface area contributed by atoms with E-state index in [2.05, 4.69) is 11.6 Å². The predicted octanol–water partition coefficient (Wildman–Crippen LogP) is 3.30. The molecular weight excluding hydrogens is 262 g/mol. The van der Waals surface area contributed by atoms with Crippen LogP contribution >= 0.6 is 11.8 Å². The molecule has 0 aliphatic carbocycles. The summed E-state index contributed by atoms with van der Waals surface area (Å²) < 4.78 is 5.39. The number of thioether (sulfide) groups is 1. The van der Waals surface area contributed by atoms with Crippen LogP contribution in [0, 0.1) is 6.92 Å². The molecule has 1 aromatic rings. The smallest absolute Gasteiger partial charge is 0.339 e. The summed E-state index contributed by atoms with van der Waals surface area (Å²) in [6.45, 7) is 3.22. The fraction of sp³-hybridized carbons (Fsp3) is 0.643. The Hall–Kier alpha value is -0.940. The van der Waals surface area contributed by atoms with Crippen molar-refractivity contribution >= 4 is 17.7 Å². The van der Waals surface area contributed by atoms with Crippen LogP contribution in [0.3, 0.4) is 0 Å². The van der Waals surface area contributed by atoms with Crippen LogP contribution in [0.4, 0.5) is 0 Å². The largest absolute Gasteiger partial charge is 0.478 e. The van der Waals surface area contributed by atoms with Crippen molar-refractivity contribution in [3.05, 3.63) is 23.2 Å². The molecule has 0 atom stereocenters. The molecule has 1 heterocycles. The minimum Gasteiger partial charge on any atom is -0.478 e. The van der Waals surface area contributed by atoms with Crippen LogP contribution in [0.5, 0.6) is 0 Å². The number of carbonyl (C=O) groups is 1. The van der Waals surface area contributed by atoms with Gasteiger partial charge in [0.1, 0.15) is 17.1 Å². The van der Waals surface area contributed by atoms with Gasteiger partial charge in [0.2, 0.25) is 0 Å². The highest BCUT2D eigenvalue weighted by molar-refractivity contribution is 7.98. The number of nitrogens with one attached hydrogen (secondary N) is 1. The van der Waals surface area contributed by atoms with E-state index >= 15 is 0 Å². The second-order valence-electron chi connectivity index (χ2n) is 4.57. The lowest BCUT2D eigenvalue weighted by molar-refractivity contribution is 0.0695. The van der Waals surface area contributed by atoms with Gasteiger partial charge in [-0.25, -0.2) is 4.79 Å². The summed E-state index contributed by atoms with van der Waals surface area (Å²) in [7, 11) is 0. The SMILES string of the molecule is CSCCCCCCNCc1cc(C(=O)O)c(C)o1. The fourth-order valence-electron chi connectivity index (χ4n) is 1.90. The molecule has 108 valence electrons. The van der Waals surface area contributed by atoms with E-state index < -0.39 is 5.97 Å². The van der Waals surface area contributed by atoms with Crippen molar-refractivity contribution in [2.75, 3.05) is 18.6 Å². The van der Waals surface area contributed by atoms with Gasteiger partial charge in [-0.1, -0.05) is 12.8 Å². The van der Waals surface area contributed by atoms with Crippen LogP contribution in [0.25, 0.3) is 0 Å². The summed E-state index contributed by atoms with van der Waals surface area (Å²) in [4.78, 5) is 10.9.